The van der Waals surface area contributed by atoms with E-state index < -0.39 is 6.09 Å². The summed E-state index contributed by atoms with van der Waals surface area (Å²) in [4.78, 5) is 23.8. The summed E-state index contributed by atoms with van der Waals surface area (Å²) in [7, 11) is 0. The van der Waals surface area contributed by atoms with Crippen molar-refractivity contribution in [2.45, 2.75) is 33.6 Å². The lowest BCUT2D eigenvalue weighted by molar-refractivity contribution is -0.152. The van der Waals surface area contributed by atoms with Gasteiger partial charge in [0.25, 0.3) is 0 Å². The van der Waals surface area contributed by atoms with E-state index in [1.807, 2.05) is 20.8 Å². The zero-order valence-electron chi connectivity index (χ0n) is 10.7. The standard InChI is InChI=1S/C12H21NO4/c1-12(2,3)8-17-10(14)9-4-6-13(7-5-9)11(15)16/h9H,4-8H2,1-3H3,(H,15,16). The van der Waals surface area contributed by atoms with Crippen molar-refractivity contribution in [3.63, 3.8) is 0 Å². The van der Waals surface area contributed by atoms with Gasteiger partial charge in [-0.1, -0.05) is 20.8 Å². The van der Waals surface area contributed by atoms with Crippen molar-refractivity contribution in [1.82, 2.24) is 4.90 Å². The van der Waals surface area contributed by atoms with Crippen LogP contribution in [0.15, 0.2) is 0 Å². The number of hydrogen-bond acceptors (Lipinski definition) is 3. The normalized spacial score (nSPS) is 17.9. The molecule has 5 heteroatoms. The Hall–Kier alpha value is -1.26. The molecule has 0 saturated carbocycles. The molecule has 0 bridgehead atoms. The number of carbonyl (C=O) groups is 2. The lowest BCUT2D eigenvalue weighted by Gasteiger charge is -2.29. The number of amides is 1. The molecule has 1 aliphatic rings. The highest BCUT2D eigenvalue weighted by Gasteiger charge is 2.28. The Balaban J connectivity index is 2.33. The van der Waals surface area contributed by atoms with Crippen LogP contribution in [0.1, 0.15) is 33.6 Å². The first-order valence-corrected chi connectivity index (χ1v) is 5.94. The van der Waals surface area contributed by atoms with Crippen LogP contribution in [0, 0.1) is 11.3 Å². The van der Waals surface area contributed by atoms with Crippen LogP contribution in [-0.2, 0) is 9.53 Å². The quantitative estimate of drug-likeness (QED) is 0.753. The Morgan fingerprint density at radius 1 is 1.29 bits per heavy atom. The maximum absolute atomic E-state index is 11.7. The Labute approximate surface area is 102 Å². The average molecular weight is 243 g/mol. The van der Waals surface area contributed by atoms with E-state index >= 15 is 0 Å². The number of carbonyl (C=O) groups excluding carboxylic acids is 1. The van der Waals surface area contributed by atoms with E-state index in [-0.39, 0.29) is 17.3 Å². The number of esters is 1. The highest BCUT2D eigenvalue weighted by atomic mass is 16.5. The van der Waals surface area contributed by atoms with Crippen LogP contribution in [0.4, 0.5) is 4.79 Å². The van der Waals surface area contributed by atoms with Gasteiger partial charge in [0.2, 0.25) is 0 Å². The van der Waals surface area contributed by atoms with Crippen LogP contribution in [0.3, 0.4) is 0 Å². The molecule has 0 aliphatic carbocycles. The van der Waals surface area contributed by atoms with Crippen LogP contribution >= 0.6 is 0 Å². The Morgan fingerprint density at radius 2 is 1.82 bits per heavy atom. The second kappa shape index (κ2) is 5.38. The summed E-state index contributed by atoms with van der Waals surface area (Å²) >= 11 is 0. The van der Waals surface area contributed by atoms with Crippen LogP contribution in [0.2, 0.25) is 0 Å². The highest BCUT2D eigenvalue weighted by Crippen LogP contribution is 2.20. The van der Waals surface area contributed by atoms with E-state index in [1.165, 1.54) is 4.90 Å². The van der Waals surface area contributed by atoms with E-state index in [1.54, 1.807) is 0 Å². The van der Waals surface area contributed by atoms with Gasteiger partial charge < -0.3 is 14.7 Å². The van der Waals surface area contributed by atoms with Gasteiger partial charge in [-0.3, -0.25) is 4.79 Å². The van der Waals surface area contributed by atoms with Crippen LogP contribution < -0.4 is 0 Å². The number of hydrogen-bond donors (Lipinski definition) is 1. The third-order valence-electron chi connectivity index (χ3n) is 2.75. The third kappa shape index (κ3) is 4.63. The molecule has 1 N–H and O–H groups in total. The molecular weight excluding hydrogens is 222 g/mol. The molecular formula is C12H21NO4. The summed E-state index contributed by atoms with van der Waals surface area (Å²) in [5.74, 6) is -0.335. The van der Waals surface area contributed by atoms with Crippen molar-refractivity contribution in [3.05, 3.63) is 0 Å². The molecule has 0 atom stereocenters. The first kappa shape index (κ1) is 13.8. The number of likely N-dealkylation sites (tertiary alicyclic amines) is 1. The van der Waals surface area contributed by atoms with Crippen LogP contribution in [0.25, 0.3) is 0 Å². The van der Waals surface area contributed by atoms with E-state index in [0.717, 1.165) is 0 Å². The van der Waals surface area contributed by atoms with Gasteiger partial charge in [-0.05, 0) is 18.3 Å². The fraction of sp³-hybridized carbons (Fsp3) is 0.833. The molecule has 0 aromatic rings. The van der Waals surface area contributed by atoms with Crippen LogP contribution in [0.5, 0.6) is 0 Å². The maximum Gasteiger partial charge on any atom is 0.407 e. The molecule has 17 heavy (non-hydrogen) atoms. The largest absolute Gasteiger partial charge is 0.465 e. The Bertz CT molecular complexity index is 287. The summed E-state index contributed by atoms with van der Waals surface area (Å²) in [5.41, 5.74) is -0.0303. The van der Waals surface area contributed by atoms with Crippen molar-refractivity contribution in [1.29, 1.82) is 0 Å². The van der Waals surface area contributed by atoms with E-state index in [0.29, 0.717) is 32.5 Å². The average Bonchev–Trinajstić information content (AvgIpc) is 2.25. The summed E-state index contributed by atoms with van der Waals surface area (Å²) in [6.07, 6.45) is 0.219. The zero-order chi connectivity index (χ0) is 13.1. The van der Waals surface area contributed by atoms with Crippen molar-refractivity contribution in [2.24, 2.45) is 11.3 Å². The Morgan fingerprint density at radius 3 is 2.24 bits per heavy atom. The van der Waals surface area contributed by atoms with E-state index in [4.69, 9.17) is 9.84 Å². The number of piperidine rings is 1. The predicted molar refractivity (Wildman–Crippen MR) is 62.7 cm³/mol. The minimum atomic E-state index is -0.911. The van der Waals surface area contributed by atoms with Gasteiger partial charge in [0.05, 0.1) is 12.5 Å². The van der Waals surface area contributed by atoms with Gasteiger partial charge in [0.1, 0.15) is 0 Å². The van der Waals surface area contributed by atoms with E-state index in [9.17, 15) is 9.59 Å². The van der Waals surface area contributed by atoms with Crippen LogP contribution in [-0.4, -0.2) is 41.8 Å². The fourth-order valence-corrected chi connectivity index (χ4v) is 1.71. The summed E-state index contributed by atoms with van der Waals surface area (Å²) in [6, 6.07) is 0. The molecule has 0 unspecified atom stereocenters. The molecule has 0 spiro atoms. The lowest BCUT2D eigenvalue weighted by Crippen LogP contribution is -2.40. The second-order valence-electron chi connectivity index (χ2n) is 5.71. The zero-order valence-corrected chi connectivity index (χ0v) is 10.7. The summed E-state index contributed by atoms with van der Waals surface area (Å²) in [6.45, 7) is 7.27. The van der Waals surface area contributed by atoms with Crippen molar-refractivity contribution >= 4 is 12.1 Å². The van der Waals surface area contributed by atoms with Gasteiger partial charge in [-0.2, -0.15) is 0 Å². The monoisotopic (exact) mass is 243 g/mol. The first-order valence-electron chi connectivity index (χ1n) is 5.94. The number of ether oxygens (including phenoxy) is 1. The molecule has 1 fully saturated rings. The molecule has 1 aliphatic heterocycles. The molecule has 0 radical (unpaired) electrons. The lowest BCUT2D eigenvalue weighted by atomic mass is 9.96. The fourth-order valence-electron chi connectivity index (χ4n) is 1.71. The minimum absolute atomic E-state index is 0.0303. The SMILES string of the molecule is CC(C)(C)COC(=O)C1CCN(C(=O)O)CC1. The molecule has 98 valence electrons. The number of carboxylic acid groups (broad SMARTS) is 1. The topological polar surface area (TPSA) is 66.8 Å². The van der Waals surface area contributed by atoms with Gasteiger partial charge in [0.15, 0.2) is 0 Å². The van der Waals surface area contributed by atoms with Crippen molar-refractivity contribution < 1.29 is 19.4 Å². The Kier molecular flexibility index (Phi) is 4.37. The molecule has 1 rings (SSSR count). The molecule has 1 amide bonds. The molecule has 1 heterocycles. The molecule has 1 saturated heterocycles. The number of nitrogens with zero attached hydrogens (tertiary/aromatic N) is 1. The highest BCUT2D eigenvalue weighted by molar-refractivity contribution is 5.73. The van der Waals surface area contributed by atoms with E-state index in [2.05, 4.69) is 0 Å². The van der Waals surface area contributed by atoms with Crippen molar-refractivity contribution in [3.8, 4) is 0 Å². The summed E-state index contributed by atoms with van der Waals surface area (Å²) < 4.78 is 5.24. The summed E-state index contributed by atoms with van der Waals surface area (Å²) in [5, 5.41) is 8.78. The third-order valence-corrected chi connectivity index (χ3v) is 2.75. The van der Waals surface area contributed by atoms with Gasteiger partial charge in [0, 0.05) is 13.1 Å². The molecule has 0 aromatic carbocycles. The van der Waals surface area contributed by atoms with Gasteiger partial charge in [-0.25, -0.2) is 4.79 Å². The number of rotatable bonds is 2. The molecule has 5 nitrogen and oxygen atoms in total. The van der Waals surface area contributed by atoms with Gasteiger partial charge in [-0.15, -0.1) is 0 Å². The maximum atomic E-state index is 11.7. The minimum Gasteiger partial charge on any atom is -0.465 e. The second-order valence-corrected chi connectivity index (χ2v) is 5.71. The van der Waals surface area contributed by atoms with Gasteiger partial charge >= 0.3 is 12.1 Å². The van der Waals surface area contributed by atoms with Crippen molar-refractivity contribution in [2.75, 3.05) is 19.7 Å². The smallest absolute Gasteiger partial charge is 0.407 e. The first-order chi connectivity index (χ1) is 7.79. The predicted octanol–water partition coefficient (Wildman–Crippen LogP) is 1.97. The molecule has 0 aromatic heterocycles.